The summed E-state index contributed by atoms with van der Waals surface area (Å²) in [5, 5.41) is 0. The predicted molar refractivity (Wildman–Crippen MR) is 119 cm³/mol. The van der Waals surface area contributed by atoms with Gasteiger partial charge in [-0.1, -0.05) is 19.3 Å². The van der Waals surface area contributed by atoms with E-state index in [-0.39, 0.29) is 12.1 Å². The van der Waals surface area contributed by atoms with Gasteiger partial charge >= 0.3 is 6.03 Å². The van der Waals surface area contributed by atoms with Crippen molar-refractivity contribution in [2.45, 2.75) is 91.5 Å². The van der Waals surface area contributed by atoms with Gasteiger partial charge in [0.2, 0.25) is 0 Å². The Morgan fingerprint density at radius 3 is 2.50 bits per heavy atom. The van der Waals surface area contributed by atoms with Crippen LogP contribution in [0.3, 0.4) is 0 Å². The van der Waals surface area contributed by atoms with Gasteiger partial charge in [-0.2, -0.15) is 0 Å². The first-order valence-electron chi connectivity index (χ1n) is 11.0. The molecule has 0 spiro atoms. The number of ether oxygens (including phenoxy) is 1. The lowest BCUT2D eigenvalue weighted by Gasteiger charge is -2.44. The number of aryl methyl sites for hydroxylation is 2. The van der Waals surface area contributed by atoms with Crippen LogP contribution in [0, 0.1) is 13.8 Å². The third kappa shape index (κ3) is 4.24. The van der Waals surface area contributed by atoms with E-state index in [9.17, 15) is 4.79 Å². The van der Waals surface area contributed by atoms with Gasteiger partial charge in [0.25, 0.3) is 0 Å². The topological polar surface area (TPSA) is 112 Å². The van der Waals surface area contributed by atoms with Crippen molar-refractivity contribution < 1.29 is 9.53 Å². The molecule has 8 heteroatoms. The van der Waals surface area contributed by atoms with Gasteiger partial charge in [0, 0.05) is 24.9 Å². The third-order valence-electron chi connectivity index (χ3n) is 6.29. The number of hydrogen-bond donors (Lipinski definition) is 2. The molecule has 0 saturated heterocycles. The molecule has 8 nitrogen and oxygen atoms in total. The number of rotatable bonds is 7. The molecule has 1 aliphatic carbocycles. The van der Waals surface area contributed by atoms with Gasteiger partial charge in [-0.05, 0) is 53.0 Å². The van der Waals surface area contributed by atoms with Gasteiger partial charge in [-0.25, -0.2) is 14.8 Å². The number of anilines is 1. The number of nitrogen functional groups attached to an aromatic ring is 1. The molecule has 1 saturated carbocycles. The van der Waals surface area contributed by atoms with Gasteiger partial charge < -0.3 is 25.7 Å². The van der Waals surface area contributed by atoms with E-state index in [0.29, 0.717) is 31.1 Å². The first kappa shape index (κ1) is 22.3. The van der Waals surface area contributed by atoms with Crippen molar-refractivity contribution >= 4 is 22.9 Å². The summed E-state index contributed by atoms with van der Waals surface area (Å²) in [6.07, 6.45) is 5.48. The molecule has 1 fully saturated rings. The lowest BCUT2D eigenvalue weighted by Crippen LogP contribution is -2.57. The first-order valence-corrected chi connectivity index (χ1v) is 11.0. The predicted octanol–water partition coefficient (Wildman–Crippen LogP) is 3.66. The summed E-state index contributed by atoms with van der Waals surface area (Å²) in [5.74, 6) is 1.21. The Labute approximate surface area is 179 Å². The lowest BCUT2D eigenvalue weighted by atomic mass is 9.90. The monoisotopic (exact) mass is 416 g/mol. The largest absolute Gasteiger partial charge is 0.382 e. The molecule has 4 N–H and O–H groups in total. The van der Waals surface area contributed by atoms with Crippen LogP contribution in [0.4, 0.5) is 10.6 Å². The zero-order valence-corrected chi connectivity index (χ0v) is 19.0. The van der Waals surface area contributed by atoms with Gasteiger partial charge in [0.15, 0.2) is 5.82 Å². The van der Waals surface area contributed by atoms with Crippen LogP contribution in [0.15, 0.2) is 0 Å². The SMILES string of the molecule is CCOCc1nc2c(N)nc(C)c(C)c2n1CC(C)(C)N(C(N)=O)C1CCCCC1. The molecule has 2 amide bonds. The number of fused-ring (bicyclic) bond motifs is 1. The average Bonchev–Trinajstić information content (AvgIpc) is 3.03. The highest BCUT2D eigenvalue weighted by atomic mass is 16.5. The molecular weight excluding hydrogens is 380 g/mol. The number of aromatic nitrogens is 3. The number of hydrogen-bond acceptors (Lipinski definition) is 5. The second-order valence-corrected chi connectivity index (χ2v) is 8.97. The number of carbonyl (C=O) groups is 1. The minimum atomic E-state index is -0.499. The molecule has 0 aromatic carbocycles. The summed E-state index contributed by atoms with van der Waals surface area (Å²) in [4.78, 5) is 23.6. The van der Waals surface area contributed by atoms with E-state index < -0.39 is 5.54 Å². The molecule has 166 valence electrons. The van der Waals surface area contributed by atoms with Crippen LogP contribution in [0.5, 0.6) is 0 Å². The normalized spacial score (nSPS) is 15.6. The fourth-order valence-electron chi connectivity index (χ4n) is 4.80. The van der Waals surface area contributed by atoms with Crippen LogP contribution >= 0.6 is 0 Å². The maximum Gasteiger partial charge on any atom is 0.315 e. The summed E-state index contributed by atoms with van der Waals surface area (Å²) >= 11 is 0. The minimum Gasteiger partial charge on any atom is -0.382 e. The lowest BCUT2D eigenvalue weighted by molar-refractivity contribution is 0.0718. The van der Waals surface area contributed by atoms with Crippen molar-refractivity contribution in [2.75, 3.05) is 12.3 Å². The molecule has 30 heavy (non-hydrogen) atoms. The fraction of sp³-hybridized carbons (Fsp3) is 0.682. The van der Waals surface area contributed by atoms with E-state index in [4.69, 9.17) is 21.2 Å². The van der Waals surface area contributed by atoms with Crippen LogP contribution < -0.4 is 11.5 Å². The Hall–Kier alpha value is -2.35. The second kappa shape index (κ2) is 8.79. The molecule has 1 aliphatic rings. The summed E-state index contributed by atoms with van der Waals surface area (Å²) in [6.45, 7) is 11.6. The molecule has 2 aromatic heterocycles. The fourth-order valence-corrected chi connectivity index (χ4v) is 4.80. The molecular formula is C22H36N6O2. The van der Waals surface area contributed by atoms with E-state index in [1.807, 2.05) is 25.7 Å². The van der Waals surface area contributed by atoms with E-state index in [1.165, 1.54) is 6.42 Å². The van der Waals surface area contributed by atoms with Crippen LogP contribution in [-0.4, -0.2) is 43.7 Å². The summed E-state index contributed by atoms with van der Waals surface area (Å²) in [6, 6.07) is -0.192. The molecule has 3 rings (SSSR count). The van der Waals surface area contributed by atoms with Gasteiger partial charge in [-0.15, -0.1) is 0 Å². The Morgan fingerprint density at radius 1 is 1.23 bits per heavy atom. The Balaban J connectivity index is 2.08. The number of nitrogens with two attached hydrogens (primary N) is 2. The molecule has 0 bridgehead atoms. The summed E-state index contributed by atoms with van der Waals surface area (Å²) < 4.78 is 7.83. The third-order valence-corrected chi connectivity index (χ3v) is 6.29. The van der Waals surface area contributed by atoms with Gasteiger partial charge in [-0.3, -0.25) is 0 Å². The van der Waals surface area contributed by atoms with E-state index in [1.54, 1.807) is 0 Å². The average molecular weight is 417 g/mol. The standard InChI is InChI=1S/C22H36N6O2/c1-6-30-12-17-26-18-19(14(2)15(3)25-20(18)23)27(17)13-22(4,5)28(21(24)29)16-10-8-7-9-11-16/h16H,6-13H2,1-5H3,(H2,23,25)(H2,24,29). The van der Waals surface area contributed by atoms with Crippen molar-refractivity contribution in [3.63, 3.8) is 0 Å². The molecule has 0 aliphatic heterocycles. The second-order valence-electron chi connectivity index (χ2n) is 8.97. The van der Waals surface area contributed by atoms with Crippen LogP contribution in [0.2, 0.25) is 0 Å². The minimum absolute atomic E-state index is 0.172. The molecule has 0 radical (unpaired) electrons. The number of primary amides is 1. The molecule has 0 unspecified atom stereocenters. The van der Waals surface area contributed by atoms with Crippen LogP contribution in [0.1, 0.15) is 70.0 Å². The number of nitrogens with zero attached hydrogens (tertiary/aromatic N) is 4. The number of amides is 2. The zero-order valence-electron chi connectivity index (χ0n) is 19.0. The Bertz CT molecular complexity index is 914. The number of imidazole rings is 1. The van der Waals surface area contributed by atoms with E-state index in [2.05, 4.69) is 23.4 Å². The Morgan fingerprint density at radius 2 is 1.90 bits per heavy atom. The quantitative estimate of drug-likeness (QED) is 0.715. The van der Waals surface area contributed by atoms with Crippen LogP contribution in [0.25, 0.3) is 11.0 Å². The van der Waals surface area contributed by atoms with Crippen molar-refractivity contribution in [2.24, 2.45) is 5.73 Å². The highest BCUT2D eigenvalue weighted by molar-refractivity contribution is 5.88. The highest BCUT2D eigenvalue weighted by Gasteiger charge is 2.37. The maximum atomic E-state index is 12.5. The van der Waals surface area contributed by atoms with Gasteiger partial charge in [0.1, 0.15) is 17.9 Å². The van der Waals surface area contributed by atoms with Crippen molar-refractivity contribution in [3.8, 4) is 0 Å². The van der Waals surface area contributed by atoms with E-state index in [0.717, 1.165) is 48.3 Å². The molecule has 2 heterocycles. The summed E-state index contributed by atoms with van der Waals surface area (Å²) in [5.41, 5.74) is 15.2. The number of pyridine rings is 1. The zero-order chi connectivity index (χ0) is 22.1. The highest BCUT2D eigenvalue weighted by Crippen LogP contribution is 2.32. The summed E-state index contributed by atoms with van der Waals surface area (Å²) in [7, 11) is 0. The Kier molecular flexibility index (Phi) is 6.55. The maximum absolute atomic E-state index is 12.5. The first-order chi connectivity index (χ1) is 14.2. The van der Waals surface area contributed by atoms with Crippen LogP contribution in [-0.2, 0) is 17.9 Å². The van der Waals surface area contributed by atoms with Gasteiger partial charge in [0.05, 0.1) is 11.1 Å². The smallest absolute Gasteiger partial charge is 0.315 e. The number of urea groups is 1. The van der Waals surface area contributed by atoms with Crippen molar-refractivity contribution in [3.05, 3.63) is 17.1 Å². The number of carbonyl (C=O) groups excluding carboxylic acids is 1. The van der Waals surface area contributed by atoms with Crippen molar-refractivity contribution in [1.82, 2.24) is 19.4 Å². The van der Waals surface area contributed by atoms with Crippen molar-refractivity contribution in [1.29, 1.82) is 0 Å². The van der Waals surface area contributed by atoms with E-state index >= 15 is 0 Å². The molecule has 0 atom stereocenters. The molecule has 2 aromatic rings.